The van der Waals surface area contributed by atoms with E-state index >= 15 is 0 Å². The summed E-state index contributed by atoms with van der Waals surface area (Å²) in [6.07, 6.45) is 0.351. The topological polar surface area (TPSA) is 124 Å². The second-order valence-corrected chi connectivity index (χ2v) is 8.20. The highest BCUT2D eigenvalue weighted by Crippen LogP contribution is 2.49. The zero-order valence-corrected chi connectivity index (χ0v) is 17.8. The van der Waals surface area contributed by atoms with Gasteiger partial charge in [0.1, 0.15) is 11.5 Å². The Labute approximate surface area is 170 Å². The third-order valence-corrected chi connectivity index (χ3v) is 5.42. The molecule has 0 saturated heterocycles. The van der Waals surface area contributed by atoms with Gasteiger partial charge in [0.2, 0.25) is 21.5 Å². The molecule has 0 aliphatic heterocycles. The number of anilines is 1. The van der Waals surface area contributed by atoms with Crippen molar-refractivity contribution in [3.05, 3.63) is 18.2 Å². The normalized spacial score (nSPS) is 11.1. The van der Waals surface area contributed by atoms with Crippen LogP contribution in [0.5, 0.6) is 23.0 Å². The molecular weight excluding hydrogens is 458 g/mol. The maximum absolute atomic E-state index is 12.2. The zero-order valence-electron chi connectivity index (χ0n) is 15.4. The molecule has 154 valence electrons. The summed E-state index contributed by atoms with van der Waals surface area (Å²) in [4.78, 5) is 11.4. The Morgan fingerprint density at radius 3 is 2.57 bits per heavy atom. The van der Waals surface area contributed by atoms with Gasteiger partial charge in [0.05, 0.1) is 25.5 Å². The van der Waals surface area contributed by atoms with Crippen molar-refractivity contribution in [3.63, 3.8) is 0 Å². The van der Waals surface area contributed by atoms with Gasteiger partial charge in [-0.15, -0.1) is 0 Å². The molecule has 0 amide bonds. The van der Waals surface area contributed by atoms with Crippen LogP contribution in [-0.2, 0) is 14.8 Å². The van der Waals surface area contributed by atoms with Crippen molar-refractivity contribution in [2.24, 2.45) is 0 Å². The van der Waals surface area contributed by atoms with E-state index in [0.717, 1.165) is 6.92 Å². The summed E-state index contributed by atoms with van der Waals surface area (Å²) in [6.45, 7) is 1.11. The fourth-order valence-corrected chi connectivity index (χ4v) is 4.01. The van der Waals surface area contributed by atoms with Crippen LogP contribution in [0.15, 0.2) is 22.6 Å². The lowest BCUT2D eigenvalue weighted by atomic mass is 10.1. The van der Waals surface area contributed by atoms with Gasteiger partial charge in [-0.05, 0) is 18.6 Å². The summed E-state index contributed by atoms with van der Waals surface area (Å²) in [6, 6.07) is 4.71. The minimum absolute atomic E-state index is 0.131. The van der Waals surface area contributed by atoms with E-state index in [4.69, 9.17) is 18.6 Å². The molecule has 9 nitrogen and oxygen atoms in total. The van der Waals surface area contributed by atoms with E-state index < -0.39 is 33.4 Å². The summed E-state index contributed by atoms with van der Waals surface area (Å²) < 4.78 is 47.5. The molecule has 2 rings (SSSR count). The van der Waals surface area contributed by atoms with Crippen molar-refractivity contribution < 1.29 is 36.9 Å². The number of nitrogens with one attached hydrogen (secondary N) is 1. The Morgan fingerprint density at radius 2 is 2.00 bits per heavy atom. The monoisotopic (exact) mass is 477 g/mol. The number of methoxy groups -OCH3 is 2. The number of ether oxygens (including phenoxy) is 3. The van der Waals surface area contributed by atoms with Gasteiger partial charge in [0.15, 0.2) is 5.76 Å². The molecule has 0 aliphatic rings. The van der Waals surface area contributed by atoms with E-state index in [2.05, 4.69) is 20.7 Å². The predicted molar refractivity (Wildman–Crippen MR) is 106 cm³/mol. The van der Waals surface area contributed by atoms with Crippen LogP contribution in [0.3, 0.4) is 0 Å². The highest BCUT2D eigenvalue weighted by Gasteiger charge is 2.28. The van der Waals surface area contributed by atoms with Gasteiger partial charge >= 0.3 is 5.97 Å². The number of rotatable bonds is 9. The first-order valence-electron chi connectivity index (χ1n) is 8.05. The Morgan fingerprint density at radius 1 is 1.29 bits per heavy atom. The molecule has 1 aromatic heterocycles. The number of halogens is 1. The van der Waals surface area contributed by atoms with Gasteiger partial charge in [0, 0.05) is 18.3 Å². The van der Waals surface area contributed by atoms with E-state index in [0.29, 0.717) is 28.8 Å². The SMILES string of the molecule is COc1ccc(-c2oc(NS(=O)(=O)CCCBr)c(OC(C)=O)c2O)c(OC)c1. The van der Waals surface area contributed by atoms with Crippen LogP contribution >= 0.6 is 15.9 Å². The van der Waals surface area contributed by atoms with Gasteiger partial charge in [-0.1, -0.05) is 15.9 Å². The average Bonchev–Trinajstić information content (AvgIpc) is 2.94. The second-order valence-electron chi connectivity index (χ2n) is 5.56. The summed E-state index contributed by atoms with van der Waals surface area (Å²) in [5, 5.41) is 11.0. The summed E-state index contributed by atoms with van der Waals surface area (Å²) in [7, 11) is -0.899. The fourth-order valence-electron chi connectivity index (χ4n) is 2.32. The number of hydrogen-bond acceptors (Lipinski definition) is 8. The van der Waals surface area contributed by atoms with Crippen LogP contribution in [0, 0.1) is 0 Å². The van der Waals surface area contributed by atoms with Crippen LogP contribution in [0.25, 0.3) is 11.3 Å². The van der Waals surface area contributed by atoms with Gasteiger partial charge in [-0.3, -0.25) is 4.79 Å². The highest BCUT2D eigenvalue weighted by molar-refractivity contribution is 9.09. The molecule has 0 aliphatic carbocycles. The van der Waals surface area contributed by atoms with Crippen molar-refractivity contribution in [1.82, 2.24) is 0 Å². The second kappa shape index (κ2) is 9.20. The first-order valence-corrected chi connectivity index (χ1v) is 10.8. The lowest BCUT2D eigenvalue weighted by Crippen LogP contribution is -2.17. The van der Waals surface area contributed by atoms with Crippen LogP contribution in [0.1, 0.15) is 13.3 Å². The first-order chi connectivity index (χ1) is 13.2. The fraction of sp³-hybridized carbons (Fsp3) is 0.353. The molecule has 2 N–H and O–H groups in total. The number of carbonyl (C=O) groups excluding carboxylic acids is 1. The Hall–Kier alpha value is -2.40. The number of furan rings is 1. The van der Waals surface area contributed by atoms with E-state index in [1.54, 1.807) is 18.2 Å². The highest BCUT2D eigenvalue weighted by atomic mass is 79.9. The first kappa shape index (κ1) is 21.9. The zero-order chi connectivity index (χ0) is 20.9. The van der Waals surface area contributed by atoms with Crippen LogP contribution < -0.4 is 18.9 Å². The van der Waals surface area contributed by atoms with E-state index in [1.165, 1.54) is 14.2 Å². The molecule has 2 aromatic rings. The number of hydrogen-bond donors (Lipinski definition) is 2. The van der Waals surface area contributed by atoms with Crippen LogP contribution in [-0.4, -0.2) is 44.8 Å². The summed E-state index contributed by atoms with van der Waals surface area (Å²) in [5.74, 6) is -1.66. The van der Waals surface area contributed by atoms with E-state index in [9.17, 15) is 18.3 Å². The molecule has 0 atom stereocenters. The molecule has 0 saturated carbocycles. The Kier molecular flexibility index (Phi) is 7.19. The maximum Gasteiger partial charge on any atom is 0.308 e. The number of aromatic hydroxyl groups is 1. The molecule has 0 spiro atoms. The predicted octanol–water partition coefficient (Wildman–Crippen LogP) is 3.12. The van der Waals surface area contributed by atoms with Crippen molar-refractivity contribution >= 4 is 37.8 Å². The van der Waals surface area contributed by atoms with Crippen molar-refractivity contribution in [2.45, 2.75) is 13.3 Å². The number of benzene rings is 1. The molecule has 28 heavy (non-hydrogen) atoms. The lowest BCUT2D eigenvalue weighted by Gasteiger charge is -2.08. The third-order valence-electron chi connectivity index (χ3n) is 3.53. The molecular formula is C17H20BrNO8S. The lowest BCUT2D eigenvalue weighted by molar-refractivity contribution is -0.131. The number of carbonyl (C=O) groups is 1. The van der Waals surface area contributed by atoms with Crippen LogP contribution in [0.4, 0.5) is 5.88 Å². The molecule has 0 fully saturated rings. The molecule has 1 aromatic carbocycles. The summed E-state index contributed by atoms with van der Waals surface area (Å²) in [5.41, 5.74) is 0.306. The largest absolute Gasteiger partial charge is 0.502 e. The van der Waals surface area contributed by atoms with Gasteiger partial charge in [-0.25, -0.2) is 13.1 Å². The third kappa shape index (κ3) is 5.10. The molecule has 0 bridgehead atoms. The standard InChI is InChI=1S/C17H20BrNO8S/c1-10(20)26-16-14(21)15(12-6-5-11(24-2)9-13(12)25-3)27-17(16)19-28(22,23)8-4-7-18/h5-6,9,19,21H,4,7-8H2,1-3H3. The number of sulfonamides is 1. The van der Waals surface area contributed by atoms with Gasteiger partial charge in [0.25, 0.3) is 5.88 Å². The van der Waals surface area contributed by atoms with Gasteiger partial charge in [-0.2, -0.15) is 0 Å². The minimum atomic E-state index is -3.79. The molecule has 0 radical (unpaired) electrons. The molecule has 0 unspecified atom stereocenters. The van der Waals surface area contributed by atoms with Crippen LogP contribution in [0.2, 0.25) is 0 Å². The Bertz CT molecular complexity index is 954. The molecule has 11 heteroatoms. The smallest absolute Gasteiger partial charge is 0.308 e. The average molecular weight is 478 g/mol. The molecule has 1 heterocycles. The van der Waals surface area contributed by atoms with Crippen molar-refractivity contribution in [2.75, 3.05) is 30.0 Å². The Balaban J connectivity index is 2.56. The van der Waals surface area contributed by atoms with E-state index in [1.807, 2.05) is 0 Å². The minimum Gasteiger partial charge on any atom is -0.502 e. The summed E-state index contributed by atoms with van der Waals surface area (Å²) >= 11 is 3.16. The van der Waals surface area contributed by atoms with E-state index in [-0.39, 0.29) is 11.5 Å². The maximum atomic E-state index is 12.2. The van der Waals surface area contributed by atoms with Crippen molar-refractivity contribution in [3.8, 4) is 34.3 Å². The number of alkyl halides is 1. The number of esters is 1. The quantitative estimate of drug-likeness (QED) is 0.416. The van der Waals surface area contributed by atoms with Crippen molar-refractivity contribution in [1.29, 1.82) is 0 Å². The van der Waals surface area contributed by atoms with Gasteiger partial charge < -0.3 is 23.7 Å².